The van der Waals surface area contributed by atoms with Crippen molar-refractivity contribution in [2.75, 3.05) is 0 Å². The first-order valence-electron chi connectivity index (χ1n) is 7.12. The Morgan fingerprint density at radius 3 is 2.30 bits per heavy atom. The lowest BCUT2D eigenvalue weighted by Gasteiger charge is -2.13. The first-order valence-corrected chi connectivity index (χ1v) is 7.12. The number of amides is 4. The van der Waals surface area contributed by atoms with E-state index >= 15 is 0 Å². The highest BCUT2D eigenvalue weighted by Crippen LogP contribution is 2.07. The minimum atomic E-state index is -1.54. The molecule has 0 aliphatic rings. The van der Waals surface area contributed by atoms with Gasteiger partial charge >= 0.3 is 6.03 Å². The molecule has 1 aromatic rings. The monoisotopic (exact) mass is 322 g/mol. The lowest BCUT2D eigenvalue weighted by Crippen LogP contribution is -2.54. The van der Waals surface area contributed by atoms with Crippen LogP contribution in [-0.4, -0.2) is 30.0 Å². The van der Waals surface area contributed by atoms with Crippen molar-refractivity contribution in [1.29, 1.82) is 0 Å². The minimum absolute atomic E-state index is 0.127. The number of hydrogen-bond acceptors (Lipinski definition) is 4. The van der Waals surface area contributed by atoms with Gasteiger partial charge in [0.15, 0.2) is 6.04 Å². The summed E-state index contributed by atoms with van der Waals surface area (Å²) in [5, 5.41) is 4.64. The molecule has 1 aromatic carbocycles. The molecule has 0 aliphatic heterocycles. The smallest absolute Gasteiger partial charge is 0.316 e. The van der Waals surface area contributed by atoms with Crippen LogP contribution in [0.25, 0.3) is 0 Å². The Kier molecular flexibility index (Phi) is 7.01. The second-order valence-corrected chi connectivity index (χ2v) is 5.24. The SMILES string of the molecule is CC(C)OCc1cccc(CNC(=O)NC(C(N)=O)C(N)=O)c1. The summed E-state index contributed by atoms with van der Waals surface area (Å²) < 4.78 is 5.51. The van der Waals surface area contributed by atoms with Crippen LogP contribution in [-0.2, 0) is 27.5 Å². The second kappa shape index (κ2) is 8.74. The van der Waals surface area contributed by atoms with E-state index in [1.807, 2.05) is 38.1 Å². The highest BCUT2D eigenvalue weighted by atomic mass is 16.5. The summed E-state index contributed by atoms with van der Waals surface area (Å²) in [5.74, 6) is -2.03. The van der Waals surface area contributed by atoms with E-state index in [9.17, 15) is 14.4 Å². The molecule has 0 fully saturated rings. The molecule has 0 saturated carbocycles. The molecule has 0 aromatic heterocycles. The highest BCUT2D eigenvalue weighted by molar-refractivity contribution is 6.05. The normalized spacial score (nSPS) is 10.6. The number of primary amides is 2. The fourth-order valence-corrected chi connectivity index (χ4v) is 1.74. The van der Waals surface area contributed by atoms with Crippen LogP contribution in [0.1, 0.15) is 25.0 Å². The van der Waals surface area contributed by atoms with Gasteiger partial charge in [-0.25, -0.2) is 4.79 Å². The van der Waals surface area contributed by atoms with Crippen LogP contribution in [0.15, 0.2) is 24.3 Å². The first kappa shape index (κ1) is 18.4. The molecule has 8 heteroatoms. The maximum atomic E-state index is 11.7. The number of benzene rings is 1. The van der Waals surface area contributed by atoms with Crippen LogP contribution in [0.3, 0.4) is 0 Å². The van der Waals surface area contributed by atoms with E-state index in [4.69, 9.17) is 16.2 Å². The van der Waals surface area contributed by atoms with E-state index in [1.54, 1.807) is 0 Å². The van der Waals surface area contributed by atoms with Gasteiger partial charge in [-0.1, -0.05) is 24.3 Å². The van der Waals surface area contributed by atoms with Crippen LogP contribution in [0, 0.1) is 0 Å². The predicted octanol–water partition coefficient (Wildman–Crippen LogP) is -0.250. The summed E-state index contributed by atoms with van der Waals surface area (Å²) >= 11 is 0. The molecule has 0 unspecified atom stereocenters. The zero-order valence-electron chi connectivity index (χ0n) is 13.2. The van der Waals surface area contributed by atoms with Crippen LogP contribution in [0.2, 0.25) is 0 Å². The van der Waals surface area contributed by atoms with Crippen molar-refractivity contribution in [2.24, 2.45) is 11.5 Å². The largest absolute Gasteiger partial charge is 0.374 e. The summed E-state index contributed by atoms with van der Waals surface area (Å²) in [7, 11) is 0. The van der Waals surface area contributed by atoms with Crippen LogP contribution in [0.4, 0.5) is 4.79 Å². The van der Waals surface area contributed by atoms with Crippen molar-refractivity contribution in [3.8, 4) is 0 Å². The average molecular weight is 322 g/mol. The molecule has 0 spiro atoms. The first-order chi connectivity index (χ1) is 10.8. The number of ether oxygens (including phenoxy) is 1. The zero-order chi connectivity index (χ0) is 17.4. The van der Waals surface area contributed by atoms with Crippen molar-refractivity contribution in [3.05, 3.63) is 35.4 Å². The number of hydrogen-bond donors (Lipinski definition) is 4. The van der Waals surface area contributed by atoms with Crippen molar-refractivity contribution < 1.29 is 19.1 Å². The Bertz CT molecular complexity index is 560. The van der Waals surface area contributed by atoms with Gasteiger partial charge in [0.2, 0.25) is 11.8 Å². The van der Waals surface area contributed by atoms with Gasteiger partial charge in [0.05, 0.1) is 12.7 Å². The molecule has 6 N–H and O–H groups in total. The van der Waals surface area contributed by atoms with Gasteiger partial charge in [-0.05, 0) is 25.0 Å². The van der Waals surface area contributed by atoms with Gasteiger partial charge < -0.3 is 26.8 Å². The maximum Gasteiger partial charge on any atom is 0.316 e. The van der Waals surface area contributed by atoms with Gasteiger partial charge in [0, 0.05) is 6.54 Å². The Morgan fingerprint density at radius 1 is 1.13 bits per heavy atom. The third kappa shape index (κ3) is 6.79. The van der Waals surface area contributed by atoms with Crippen molar-refractivity contribution in [1.82, 2.24) is 10.6 Å². The van der Waals surface area contributed by atoms with Gasteiger partial charge in [-0.2, -0.15) is 0 Å². The molecule has 0 heterocycles. The predicted molar refractivity (Wildman–Crippen MR) is 83.9 cm³/mol. The number of rotatable bonds is 8. The molecule has 0 atom stereocenters. The van der Waals surface area contributed by atoms with Crippen LogP contribution >= 0.6 is 0 Å². The van der Waals surface area contributed by atoms with E-state index in [1.165, 1.54) is 0 Å². The van der Waals surface area contributed by atoms with E-state index in [0.29, 0.717) is 6.61 Å². The van der Waals surface area contributed by atoms with E-state index in [0.717, 1.165) is 11.1 Å². The third-order valence-electron chi connectivity index (χ3n) is 2.87. The van der Waals surface area contributed by atoms with Crippen molar-refractivity contribution >= 4 is 17.8 Å². The van der Waals surface area contributed by atoms with Gasteiger partial charge in [-0.3, -0.25) is 9.59 Å². The van der Waals surface area contributed by atoms with Crippen LogP contribution < -0.4 is 22.1 Å². The van der Waals surface area contributed by atoms with E-state index < -0.39 is 23.9 Å². The third-order valence-corrected chi connectivity index (χ3v) is 2.87. The molecule has 4 amide bonds. The summed E-state index contributed by atoms with van der Waals surface area (Å²) in [5.41, 5.74) is 11.8. The van der Waals surface area contributed by atoms with E-state index in [2.05, 4.69) is 10.6 Å². The van der Waals surface area contributed by atoms with Crippen LogP contribution in [0.5, 0.6) is 0 Å². The summed E-state index contributed by atoms with van der Waals surface area (Å²) in [6.45, 7) is 4.59. The Balaban J connectivity index is 2.54. The molecule has 0 radical (unpaired) electrons. The molecule has 0 saturated heterocycles. The molecule has 23 heavy (non-hydrogen) atoms. The van der Waals surface area contributed by atoms with Gasteiger partial charge in [0.25, 0.3) is 0 Å². The number of urea groups is 1. The minimum Gasteiger partial charge on any atom is -0.374 e. The number of carbonyl (C=O) groups is 3. The molecule has 0 aliphatic carbocycles. The van der Waals surface area contributed by atoms with Gasteiger partial charge in [0.1, 0.15) is 0 Å². The number of nitrogens with one attached hydrogen (secondary N) is 2. The summed E-state index contributed by atoms with van der Waals surface area (Å²) in [4.78, 5) is 33.6. The zero-order valence-corrected chi connectivity index (χ0v) is 13.2. The molecule has 126 valence electrons. The maximum absolute atomic E-state index is 11.7. The second-order valence-electron chi connectivity index (χ2n) is 5.24. The molecule has 8 nitrogen and oxygen atoms in total. The van der Waals surface area contributed by atoms with Gasteiger partial charge in [-0.15, -0.1) is 0 Å². The Morgan fingerprint density at radius 2 is 1.74 bits per heavy atom. The Hall–Kier alpha value is -2.61. The molecule has 1 rings (SSSR count). The fourth-order valence-electron chi connectivity index (χ4n) is 1.74. The lowest BCUT2D eigenvalue weighted by atomic mass is 10.1. The van der Waals surface area contributed by atoms with Crippen molar-refractivity contribution in [3.63, 3.8) is 0 Å². The number of nitrogens with two attached hydrogens (primary N) is 2. The standard InChI is InChI=1S/C15H22N4O4/c1-9(2)23-8-11-5-3-4-10(6-11)7-18-15(22)19-12(13(16)20)14(17)21/h3-6,9,12H,7-8H2,1-2H3,(H2,16,20)(H2,17,21)(H2,18,19,22). The molecular weight excluding hydrogens is 300 g/mol. The summed E-state index contributed by atoms with van der Waals surface area (Å²) in [6.07, 6.45) is 0.127. The molecule has 0 bridgehead atoms. The van der Waals surface area contributed by atoms with Crippen molar-refractivity contribution in [2.45, 2.75) is 39.1 Å². The fraction of sp³-hybridized carbons (Fsp3) is 0.400. The quantitative estimate of drug-likeness (QED) is 0.490. The van der Waals surface area contributed by atoms with E-state index in [-0.39, 0.29) is 12.6 Å². The number of carbonyl (C=O) groups excluding carboxylic acids is 3. The lowest BCUT2D eigenvalue weighted by molar-refractivity contribution is -0.128. The Labute approximate surface area is 134 Å². The average Bonchev–Trinajstić information content (AvgIpc) is 2.48. The highest BCUT2D eigenvalue weighted by Gasteiger charge is 2.23. The summed E-state index contributed by atoms with van der Waals surface area (Å²) in [6, 6.07) is 5.24. The topological polar surface area (TPSA) is 137 Å². The molecular formula is C15H22N4O4.